The minimum absolute atomic E-state index is 0.119. The Morgan fingerprint density at radius 3 is 2.62 bits per heavy atom. The molecule has 2 heterocycles. The van der Waals surface area contributed by atoms with Crippen molar-refractivity contribution >= 4 is 21.0 Å². The molecule has 0 bridgehead atoms. The fraction of sp³-hybridized carbons (Fsp3) is 0.619. The number of fused-ring (bicyclic) bond motifs is 1. The van der Waals surface area contributed by atoms with Gasteiger partial charge in [0.2, 0.25) is 0 Å². The molecular formula is C21H31N3O4S. The lowest BCUT2D eigenvalue weighted by molar-refractivity contribution is 0.191. The van der Waals surface area contributed by atoms with Crippen LogP contribution in [0.25, 0.3) is 10.9 Å². The van der Waals surface area contributed by atoms with Crippen LogP contribution in [-0.2, 0) is 14.3 Å². The van der Waals surface area contributed by atoms with Crippen LogP contribution in [0.15, 0.2) is 24.5 Å². The van der Waals surface area contributed by atoms with E-state index in [9.17, 15) is 8.42 Å². The summed E-state index contributed by atoms with van der Waals surface area (Å²) in [6.45, 7) is 8.43. The van der Waals surface area contributed by atoms with Crippen LogP contribution in [0.3, 0.4) is 0 Å². The fourth-order valence-electron chi connectivity index (χ4n) is 3.84. The Hall–Kier alpha value is -1.77. The minimum atomic E-state index is -3.40. The van der Waals surface area contributed by atoms with Crippen molar-refractivity contribution < 1.29 is 17.3 Å². The van der Waals surface area contributed by atoms with E-state index in [4.69, 9.17) is 8.92 Å². The highest BCUT2D eigenvalue weighted by atomic mass is 32.2. The van der Waals surface area contributed by atoms with Crippen LogP contribution in [0.2, 0.25) is 0 Å². The third-order valence-corrected chi connectivity index (χ3v) is 5.69. The molecule has 160 valence electrons. The van der Waals surface area contributed by atoms with E-state index in [0.29, 0.717) is 30.6 Å². The molecule has 7 nitrogen and oxygen atoms in total. The maximum atomic E-state index is 11.0. The Bertz CT molecular complexity index is 909. The number of aromatic nitrogens is 2. The van der Waals surface area contributed by atoms with Gasteiger partial charge in [0.25, 0.3) is 10.1 Å². The molecule has 1 aromatic heterocycles. The summed E-state index contributed by atoms with van der Waals surface area (Å²) in [6.07, 6.45) is 5.43. The summed E-state index contributed by atoms with van der Waals surface area (Å²) < 4.78 is 32.4. The highest BCUT2D eigenvalue weighted by molar-refractivity contribution is 7.85. The highest BCUT2D eigenvalue weighted by Gasteiger charge is 2.23. The molecule has 2 aromatic rings. The number of ether oxygens (including phenoxy) is 1. The summed E-state index contributed by atoms with van der Waals surface area (Å²) in [5.74, 6) is 1.87. The van der Waals surface area contributed by atoms with Gasteiger partial charge in [0, 0.05) is 30.3 Å². The van der Waals surface area contributed by atoms with Crippen LogP contribution >= 0.6 is 0 Å². The van der Waals surface area contributed by atoms with Gasteiger partial charge in [-0.05, 0) is 44.0 Å². The van der Waals surface area contributed by atoms with Crippen LogP contribution in [0, 0.1) is 5.92 Å². The first kappa shape index (κ1) is 21.9. The van der Waals surface area contributed by atoms with Crippen LogP contribution < -0.4 is 4.74 Å². The van der Waals surface area contributed by atoms with Gasteiger partial charge in [-0.1, -0.05) is 13.8 Å². The van der Waals surface area contributed by atoms with Crippen molar-refractivity contribution in [3.8, 4) is 5.75 Å². The van der Waals surface area contributed by atoms with Gasteiger partial charge in [-0.3, -0.25) is 4.18 Å². The zero-order chi connectivity index (χ0) is 20.9. The number of hydrogen-bond donors (Lipinski definition) is 0. The van der Waals surface area contributed by atoms with E-state index in [1.807, 2.05) is 18.2 Å². The van der Waals surface area contributed by atoms with Gasteiger partial charge < -0.3 is 9.64 Å². The predicted molar refractivity (Wildman–Crippen MR) is 114 cm³/mol. The lowest BCUT2D eigenvalue weighted by Crippen LogP contribution is -2.35. The van der Waals surface area contributed by atoms with Crippen LogP contribution in [0.1, 0.15) is 44.7 Å². The molecule has 0 aliphatic carbocycles. The quantitative estimate of drug-likeness (QED) is 0.454. The van der Waals surface area contributed by atoms with Crippen molar-refractivity contribution in [1.82, 2.24) is 14.9 Å². The summed E-state index contributed by atoms with van der Waals surface area (Å²) in [4.78, 5) is 11.6. The van der Waals surface area contributed by atoms with Crippen LogP contribution in [0.5, 0.6) is 5.75 Å². The van der Waals surface area contributed by atoms with Crippen molar-refractivity contribution in [3.05, 3.63) is 30.2 Å². The molecule has 1 aromatic carbocycles. The molecule has 29 heavy (non-hydrogen) atoms. The van der Waals surface area contributed by atoms with Gasteiger partial charge in [-0.2, -0.15) is 8.42 Å². The SMILES string of the molecule is CC(C)CN1CCC(c2ncnc3cc(OCCCOS(C)(=O)=O)ccc23)CC1. The predicted octanol–water partition coefficient (Wildman–Crippen LogP) is 3.21. The molecule has 0 radical (unpaired) electrons. The molecular weight excluding hydrogens is 390 g/mol. The van der Waals surface area contributed by atoms with Gasteiger partial charge in [0.1, 0.15) is 12.1 Å². The summed E-state index contributed by atoms with van der Waals surface area (Å²) in [5.41, 5.74) is 2.01. The zero-order valence-electron chi connectivity index (χ0n) is 17.5. The Kier molecular flexibility index (Phi) is 7.43. The average Bonchev–Trinajstić information content (AvgIpc) is 2.66. The topological polar surface area (TPSA) is 81.6 Å². The molecule has 1 fully saturated rings. The van der Waals surface area contributed by atoms with Gasteiger partial charge in [0.05, 0.1) is 30.7 Å². The molecule has 0 saturated carbocycles. The first-order valence-electron chi connectivity index (χ1n) is 10.3. The molecule has 1 saturated heterocycles. The van der Waals surface area contributed by atoms with Crippen molar-refractivity contribution in [2.24, 2.45) is 5.92 Å². The summed E-state index contributed by atoms with van der Waals surface area (Å²) in [7, 11) is -3.40. The highest BCUT2D eigenvalue weighted by Crippen LogP contribution is 2.32. The molecule has 8 heteroatoms. The van der Waals surface area contributed by atoms with E-state index in [-0.39, 0.29) is 6.61 Å². The maximum absolute atomic E-state index is 11.0. The van der Waals surface area contributed by atoms with E-state index in [2.05, 4.69) is 28.7 Å². The Balaban J connectivity index is 1.60. The van der Waals surface area contributed by atoms with Gasteiger partial charge in [-0.25, -0.2) is 9.97 Å². The molecule has 1 aliphatic heterocycles. The lowest BCUT2D eigenvalue weighted by Gasteiger charge is -2.33. The van der Waals surface area contributed by atoms with Crippen molar-refractivity contribution in [1.29, 1.82) is 0 Å². The molecule has 3 rings (SSSR count). The number of nitrogens with zero attached hydrogens (tertiary/aromatic N) is 3. The zero-order valence-corrected chi connectivity index (χ0v) is 18.3. The van der Waals surface area contributed by atoms with Crippen molar-refractivity contribution in [2.45, 2.75) is 39.0 Å². The summed E-state index contributed by atoms with van der Waals surface area (Å²) in [5, 5.41) is 1.09. The number of piperidine rings is 1. The lowest BCUT2D eigenvalue weighted by atomic mass is 9.90. The maximum Gasteiger partial charge on any atom is 0.264 e. The van der Waals surface area contributed by atoms with E-state index in [1.54, 1.807) is 6.33 Å². The normalized spacial score (nSPS) is 16.6. The average molecular weight is 422 g/mol. The van der Waals surface area contributed by atoms with E-state index in [1.165, 1.54) is 0 Å². The number of hydrogen-bond acceptors (Lipinski definition) is 7. The smallest absolute Gasteiger partial charge is 0.264 e. The fourth-order valence-corrected chi connectivity index (χ4v) is 4.26. The van der Waals surface area contributed by atoms with Crippen molar-refractivity contribution in [2.75, 3.05) is 39.1 Å². The van der Waals surface area contributed by atoms with E-state index in [0.717, 1.165) is 55.3 Å². The monoisotopic (exact) mass is 421 g/mol. The number of rotatable bonds is 9. The second kappa shape index (κ2) is 9.82. The van der Waals surface area contributed by atoms with E-state index >= 15 is 0 Å². The molecule has 0 N–H and O–H groups in total. The summed E-state index contributed by atoms with van der Waals surface area (Å²) in [6, 6.07) is 5.89. The van der Waals surface area contributed by atoms with Gasteiger partial charge >= 0.3 is 0 Å². The third-order valence-electron chi connectivity index (χ3n) is 5.09. The Morgan fingerprint density at radius 2 is 1.93 bits per heavy atom. The molecule has 0 unspecified atom stereocenters. The number of likely N-dealkylation sites (tertiary alicyclic amines) is 1. The van der Waals surface area contributed by atoms with Crippen molar-refractivity contribution in [3.63, 3.8) is 0 Å². The molecule has 0 spiro atoms. The Labute approximate surface area is 173 Å². The second-order valence-electron chi connectivity index (χ2n) is 8.13. The van der Waals surface area contributed by atoms with Crippen LogP contribution in [0.4, 0.5) is 0 Å². The minimum Gasteiger partial charge on any atom is -0.493 e. The first-order chi connectivity index (χ1) is 13.8. The molecule has 1 aliphatic rings. The molecule has 0 amide bonds. The first-order valence-corrected chi connectivity index (χ1v) is 12.1. The molecule has 0 atom stereocenters. The Morgan fingerprint density at radius 1 is 1.17 bits per heavy atom. The second-order valence-corrected chi connectivity index (χ2v) is 9.78. The number of benzene rings is 1. The summed E-state index contributed by atoms with van der Waals surface area (Å²) >= 11 is 0. The van der Waals surface area contributed by atoms with Gasteiger partial charge in [-0.15, -0.1) is 0 Å². The largest absolute Gasteiger partial charge is 0.493 e. The van der Waals surface area contributed by atoms with E-state index < -0.39 is 10.1 Å². The van der Waals surface area contributed by atoms with Crippen LogP contribution in [-0.4, -0.2) is 62.4 Å². The van der Waals surface area contributed by atoms with Gasteiger partial charge in [0.15, 0.2) is 0 Å². The standard InChI is InChI=1S/C21H31N3O4S/c1-16(2)14-24-9-7-17(8-10-24)21-19-6-5-18(13-20(19)22-15-23-21)27-11-4-12-28-29(3,25)26/h5-6,13,15-17H,4,7-12,14H2,1-3H3. The third kappa shape index (κ3) is 6.62.